The first kappa shape index (κ1) is 17.4. The third-order valence-corrected chi connectivity index (χ3v) is 4.50. The number of nitrogens with one attached hydrogen (secondary N) is 2. The van der Waals surface area contributed by atoms with Crippen LogP contribution in [-0.4, -0.2) is 18.0 Å². The topological polar surface area (TPSA) is 41.1 Å². The smallest absolute Gasteiger partial charge is 0.240 e. The standard InChI is InChI=1S/C14H18BrFN2O.ClH/c1-2-14(6-3-7-18-14)13(19)17-9-10-8-11(16)4-5-12(10)15;/h4-5,8,18H,2-3,6-7,9H2,1H3,(H,17,19);1H. The summed E-state index contributed by atoms with van der Waals surface area (Å²) in [6, 6.07) is 4.48. The van der Waals surface area contributed by atoms with Gasteiger partial charge < -0.3 is 10.6 Å². The van der Waals surface area contributed by atoms with Crippen molar-refractivity contribution < 1.29 is 9.18 Å². The highest BCUT2D eigenvalue weighted by Gasteiger charge is 2.38. The second kappa shape index (κ2) is 7.38. The molecular weight excluding hydrogens is 347 g/mol. The minimum absolute atomic E-state index is 0. The number of benzene rings is 1. The number of hydrogen-bond donors (Lipinski definition) is 2. The molecule has 0 aliphatic carbocycles. The molecule has 0 aromatic heterocycles. The van der Waals surface area contributed by atoms with E-state index < -0.39 is 5.54 Å². The first-order valence-electron chi connectivity index (χ1n) is 6.54. The molecular formula is C14H19BrClFN2O. The van der Waals surface area contributed by atoms with Crippen molar-refractivity contribution in [3.8, 4) is 0 Å². The molecule has 1 atom stereocenters. The minimum atomic E-state index is -0.445. The summed E-state index contributed by atoms with van der Waals surface area (Å²) in [5, 5.41) is 6.19. The fourth-order valence-corrected chi connectivity index (χ4v) is 2.87. The summed E-state index contributed by atoms with van der Waals surface area (Å²) in [6.07, 6.45) is 2.65. The van der Waals surface area contributed by atoms with Crippen LogP contribution in [0, 0.1) is 5.82 Å². The molecule has 1 heterocycles. The number of carbonyl (C=O) groups excluding carboxylic acids is 1. The summed E-state index contributed by atoms with van der Waals surface area (Å²) in [7, 11) is 0. The van der Waals surface area contributed by atoms with Crippen LogP contribution in [0.4, 0.5) is 4.39 Å². The van der Waals surface area contributed by atoms with Gasteiger partial charge in [-0.1, -0.05) is 22.9 Å². The highest BCUT2D eigenvalue weighted by Crippen LogP contribution is 2.24. The Kier molecular flexibility index (Phi) is 6.43. The van der Waals surface area contributed by atoms with Gasteiger partial charge >= 0.3 is 0 Å². The first-order valence-corrected chi connectivity index (χ1v) is 7.34. The lowest BCUT2D eigenvalue weighted by atomic mass is 9.93. The molecule has 1 fully saturated rings. The number of amides is 1. The van der Waals surface area contributed by atoms with Crippen molar-refractivity contribution in [2.24, 2.45) is 0 Å². The molecule has 1 aliphatic heterocycles. The van der Waals surface area contributed by atoms with E-state index in [0.29, 0.717) is 6.54 Å². The Labute approximate surface area is 133 Å². The van der Waals surface area contributed by atoms with Crippen LogP contribution in [0.2, 0.25) is 0 Å². The molecule has 0 saturated carbocycles. The Morgan fingerprint density at radius 1 is 1.55 bits per heavy atom. The van der Waals surface area contributed by atoms with Gasteiger partial charge in [-0.15, -0.1) is 12.4 Å². The van der Waals surface area contributed by atoms with Gasteiger partial charge in [0.15, 0.2) is 0 Å². The van der Waals surface area contributed by atoms with E-state index in [2.05, 4.69) is 26.6 Å². The molecule has 1 unspecified atom stereocenters. The Morgan fingerprint density at radius 2 is 2.30 bits per heavy atom. The summed E-state index contributed by atoms with van der Waals surface area (Å²) in [5.41, 5.74) is 0.303. The van der Waals surface area contributed by atoms with Crippen molar-refractivity contribution in [3.63, 3.8) is 0 Å². The Balaban J connectivity index is 0.00000200. The van der Waals surface area contributed by atoms with E-state index in [1.807, 2.05) is 6.92 Å². The molecule has 1 aromatic rings. The predicted molar refractivity (Wildman–Crippen MR) is 83.5 cm³/mol. The summed E-state index contributed by atoms with van der Waals surface area (Å²) in [5.74, 6) is -0.291. The Bertz CT molecular complexity index is 478. The second-order valence-corrected chi connectivity index (χ2v) is 5.74. The lowest BCUT2D eigenvalue weighted by Gasteiger charge is -2.26. The summed E-state index contributed by atoms with van der Waals surface area (Å²) in [4.78, 5) is 12.3. The van der Waals surface area contributed by atoms with Crippen LogP contribution in [-0.2, 0) is 11.3 Å². The molecule has 2 rings (SSSR count). The molecule has 20 heavy (non-hydrogen) atoms. The fourth-order valence-electron chi connectivity index (χ4n) is 2.49. The maximum absolute atomic E-state index is 13.2. The van der Waals surface area contributed by atoms with Crippen LogP contribution in [0.1, 0.15) is 31.7 Å². The summed E-state index contributed by atoms with van der Waals surface area (Å²) in [6.45, 7) is 3.22. The van der Waals surface area contributed by atoms with Gasteiger partial charge in [0.2, 0.25) is 5.91 Å². The average Bonchev–Trinajstić information content (AvgIpc) is 2.89. The van der Waals surface area contributed by atoms with Crippen LogP contribution in [0.3, 0.4) is 0 Å². The monoisotopic (exact) mass is 364 g/mol. The molecule has 6 heteroatoms. The van der Waals surface area contributed by atoms with E-state index in [1.54, 1.807) is 6.07 Å². The van der Waals surface area contributed by atoms with Gasteiger partial charge in [0.25, 0.3) is 0 Å². The molecule has 1 amide bonds. The average molecular weight is 366 g/mol. The van der Waals surface area contributed by atoms with Gasteiger partial charge in [-0.3, -0.25) is 4.79 Å². The quantitative estimate of drug-likeness (QED) is 0.860. The van der Waals surface area contributed by atoms with Crippen LogP contribution in [0.25, 0.3) is 0 Å². The van der Waals surface area contributed by atoms with Gasteiger partial charge in [0, 0.05) is 11.0 Å². The molecule has 1 saturated heterocycles. The number of carbonyl (C=O) groups is 1. The zero-order valence-corrected chi connectivity index (χ0v) is 13.7. The summed E-state index contributed by atoms with van der Waals surface area (Å²) >= 11 is 3.36. The van der Waals surface area contributed by atoms with Crippen LogP contribution < -0.4 is 10.6 Å². The third kappa shape index (κ3) is 3.71. The Hall–Kier alpha value is -0.650. The highest BCUT2D eigenvalue weighted by atomic mass is 79.9. The van der Waals surface area contributed by atoms with E-state index in [0.717, 1.165) is 35.8 Å². The molecule has 3 nitrogen and oxygen atoms in total. The van der Waals surface area contributed by atoms with Crippen molar-refractivity contribution in [1.29, 1.82) is 0 Å². The normalized spacial score (nSPS) is 21.4. The SMILES string of the molecule is CCC1(C(=O)NCc2cc(F)ccc2Br)CCCN1.Cl. The lowest BCUT2D eigenvalue weighted by Crippen LogP contribution is -2.52. The largest absolute Gasteiger partial charge is 0.350 e. The Morgan fingerprint density at radius 3 is 2.90 bits per heavy atom. The molecule has 1 aliphatic rings. The van der Waals surface area contributed by atoms with E-state index >= 15 is 0 Å². The van der Waals surface area contributed by atoms with Crippen molar-refractivity contribution in [2.75, 3.05) is 6.54 Å². The fraction of sp³-hybridized carbons (Fsp3) is 0.500. The molecule has 0 radical (unpaired) electrons. The third-order valence-electron chi connectivity index (χ3n) is 3.73. The van der Waals surface area contributed by atoms with E-state index in [4.69, 9.17) is 0 Å². The molecule has 2 N–H and O–H groups in total. The maximum atomic E-state index is 13.2. The first-order chi connectivity index (χ1) is 9.07. The predicted octanol–water partition coefficient (Wildman–Crippen LogP) is 3.16. The summed E-state index contributed by atoms with van der Waals surface area (Å²) < 4.78 is 14.0. The van der Waals surface area contributed by atoms with Crippen molar-refractivity contribution in [1.82, 2.24) is 10.6 Å². The van der Waals surface area contributed by atoms with E-state index in [9.17, 15) is 9.18 Å². The van der Waals surface area contributed by atoms with Crippen LogP contribution >= 0.6 is 28.3 Å². The number of hydrogen-bond acceptors (Lipinski definition) is 2. The number of rotatable bonds is 4. The zero-order valence-electron chi connectivity index (χ0n) is 11.3. The highest BCUT2D eigenvalue weighted by molar-refractivity contribution is 9.10. The molecule has 0 bridgehead atoms. The number of halogens is 3. The maximum Gasteiger partial charge on any atom is 0.240 e. The van der Waals surface area contributed by atoms with Gasteiger partial charge in [0.05, 0.1) is 5.54 Å². The molecule has 0 spiro atoms. The van der Waals surface area contributed by atoms with Crippen molar-refractivity contribution >= 4 is 34.2 Å². The van der Waals surface area contributed by atoms with E-state index in [-0.39, 0.29) is 24.1 Å². The lowest BCUT2D eigenvalue weighted by molar-refractivity contribution is -0.127. The van der Waals surface area contributed by atoms with Crippen LogP contribution in [0.5, 0.6) is 0 Å². The van der Waals surface area contributed by atoms with Gasteiger partial charge in [0.1, 0.15) is 5.82 Å². The second-order valence-electron chi connectivity index (χ2n) is 4.88. The minimum Gasteiger partial charge on any atom is -0.350 e. The molecule has 1 aromatic carbocycles. The van der Waals surface area contributed by atoms with E-state index in [1.165, 1.54) is 12.1 Å². The molecule has 112 valence electrons. The van der Waals surface area contributed by atoms with Gasteiger partial charge in [-0.25, -0.2) is 4.39 Å². The zero-order chi connectivity index (χ0) is 13.9. The van der Waals surface area contributed by atoms with Gasteiger partial charge in [-0.2, -0.15) is 0 Å². The van der Waals surface area contributed by atoms with Crippen molar-refractivity contribution in [2.45, 2.75) is 38.3 Å². The van der Waals surface area contributed by atoms with Gasteiger partial charge in [-0.05, 0) is 49.6 Å². The van der Waals surface area contributed by atoms with Crippen LogP contribution in [0.15, 0.2) is 22.7 Å². The van der Waals surface area contributed by atoms with Crippen molar-refractivity contribution in [3.05, 3.63) is 34.1 Å².